The molecule has 4 heteroatoms. The van der Waals surface area contributed by atoms with E-state index in [9.17, 15) is 0 Å². The molecule has 1 aliphatic heterocycles. The van der Waals surface area contributed by atoms with E-state index in [2.05, 4.69) is 17.2 Å². The Bertz CT molecular complexity index is 228. The molecule has 0 bridgehead atoms. The molecule has 112 valence electrons. The van der Waals surface area contributed by atoms with Crippen molar-refractivity contribution < 1.29 is 4.74 Å². The van der Waals surface area contributed by atoms with Gasteiger partial charge in [-0.1, -0.05) is 19.3 Å². The van der Waals surface area contributed by atoms with Crippen LogP contribution in [0, 0.1) is 0 Å². The number of hydrogen-bond acceptors (Lipinski definition) is 4. The first-order valence-electron chi connectivity index (χ1n) is 8.08. The molecule has 0 aromatic rings. The van der Waals surface area contributed by atoms with Gasteiger partial charge in [-0.3, -0.25) is 11.3 Å². The summed E-state index contributed by atoms with van der Waals surface area (Å²) in [7, 11) is 0. The fourth-order valence-electron chi connectivity index (χ4n) is 3.16. The molecule has 19 heavy (non-hydrogen) atoms. The quantitative estimate of drug-likeness (QED) is 0.531. The Labute approximate surface area is 122 Å². The average molecular weight is 286 g/mol. The lowest BCUT2D eigenvalue weighted by Gasteiger charge is -2.24. The van der Waals surface area contributed by atoms with Crippen molar-refractivity contribution in [2.45, 2.75) is 81.6 Å². The van der Waals surface area contributed by atoms with Crippen molar-refractivity contribution in [1.82, 2.24) is 5.43 Å². The molecular formula is C15H30N2OS. The average Bonchev–Trinajstić information content (AvgIpc) is 2.97. The molecule has 2 unspecified atom stereocenters. The lowest BCUT2D eigenvalue weighted by molar-refractivity contribution is 0.101. The molecule has 0 spiro atoms. The minimum atomic E-state index is 0.480. The minimum absolute atomic E-state index is 0.480. The van der Waals surface area contributed by atoms with E-state index in [4.69, 9.17) is 10.6 Å². The van der Waals surface area contributed by atoms with Gasteiger partial charge in [0, 0.05) is 23.7 Å². The van der Waals surface area contributed by atoms with Crippen molar-refractivity contribution in [3.8, 4) is 0 Å². The zero-order chi connectivity index (χ0) is 13.3. The number of hydrogen-bond donors (Lipinski definition) is 2. The van der Waals surface area contributed by atoms with Crippen molar-refractivity contribution in [3.05, 3.63) is 0 Å². The van der Waals surface area contributed by atoms with Crippen LogP contribution >= 0.6 is 11.8 Å². The first kappa shape index (κ1) is 15.6. The number of ether oxygens (including phenoxy) is 1. The molecule has 2 atom stereocenters. The van der Waals surface area contributed by atoms with Gasteiger partial charge in [0.1, 0.15) is 0 Å². The second-order valence-corrected chi connectivity index (χ2v) is 7.36. The number of rotatable bonds is 8. The van der Waals surface area contributed by atoms with E-state index in [-0.39, 0.29) is 0 Å². The highest BCUT2D eigenvalue weighted by Crippen LogP contribution is 2.29. The Morgan fingerprint density at radius 1 is 1.16 bits per heavy atom. The first-order chi connectivity index (χ1) is 9.38. The molecule has 2 aliphatic rings. The number of nitrogens with two attached hydrogens (primary N) is 1. The van der Waals surface area contributed by atoms with Crippen molar-refractivity contribution in [1.29, 1.82) is 0 Å². The fraction of sp³-hybridized carbons (Fsp3) is 1.00. The van der Waals surface area contributed by atoms with Crippen LogP contribution in [0.4, 0.5) is 0 Å². The Morgan fingerprint density at radius 3 is 2.68 bits per heavy atom. The van der Waals surface area contributed by atoms with E-state index in [0.717, 1.165) is 11.9 Å². The molecule has 2 fully saturated rings. The van der Waals surface area contributed by atoms with Crippen molar-refractivity contribution in [3.63, 3.8) is 0 Å². The van der Waals surface area contributed by atoms with Crippen LogP contribution < -0.4 is 11.3 Å². The summed E-state index contributed by atoms with van der Waals surface area (Å²) in [5.41, 5.74) is 3.01. The molecule has 0 amide bonds. The van der Waals surface area contributed by atoms with Crippen molar-refractivity contribution in [2.24, 2.45) is 5.84 Å². The SMILES string of the molecule is NNC(CCCC1CCCO1)CSC1CCCCC1. The highest BCUT2D eigenvalue weighted by molar-refractivity contribution is 7.99. The zero-order valence-corrected chi connectivity index (χ0v) is 12.9. The van der Waals surface area contributed by atoms with Crippen LogP contribution in [0.1, 0.15) is 64.2 Å². The van der Waals surface area contributed by atoms with Gasteiger partial charge in [0.25, 0.3) is 0 Å². The van der Waals surface area contributed by atoms with Gasteiger partial charge in [0.2, 0.25) is 0 Å². The standard InChI is InChI=1S/C15H30N2OS/c16-17-13(6-4-7-14-8-5-11-18-14)12-19-15-9-2-1-3-10-15/h13-15,17H,1-12,16H2. The molecule has 0 aromatic carbocycles. The Kier molecular flexibility index (Phi) is 7.58. The third kappa shape index (κ3) is 6.03. The minimum Gasteiger partial charge on any atom is -0.378 e. The van der Waals surface area contributed by atoms with Crippen LogP contribution in [0.25, 0.3) is 0 Å². The predicted molar refractivity (Wildman–Crippen MR) is 83.3 cm³/mol. The van der Waals surface area contributed by atoms with E-state index < -0.39 is 0 Å². The van der Waals surface area contributed by atoms with Gasteiger partial charge in [-0.2, -0.15) is 11.8 Å². The molecule has 0 aromatic heterocycles. The third-order valence-electron chi connectivity index (χ3n) is 4.42. The number of thioether (sulfide) groups is 1. The summed E-state index contributed by atoms with van der Waals surface area (Å²) < 4.78 is 5.67. The molecule has 1 saturated carbocycles. The Hall–Kier alpha value is 0.230. The van der Waals surface area contributed by atoms with Crippen LogP contribution in [0.15, 0.2) is 0 Å². The van der Waals surface area contributed by atoms with Crippen LogP contribution in [-0.2, 0) is 4.74 Å². The maximum Gasteiger partial charge on any atom is 0.0576 e. The van der Waals surface area contributed by atoms with E-state index in [1.54, 1.807) is 0 Å². The molecule has 3 N–H and O–H groups in total. The van der Waals surface area contributed by atoms with Gasteiger partial charge in [0.15, 0.2) is 0 Å². The van der Waals surface area contributed by atoms with Gasteiger partial charge >= 0.3 is 0 Å². The molecule has 1 heterocycles. The topological polar surface area (TPSA) is 47.3 Å². The third-order valence-corrected chi connectivity index (χ3v) is 5.96. The van der Waals surface area contributed by atoms with Crippen LogP contribution in [0.5, 0.6) is 0 Å². The number of hydrazine groups is 1. The summed E-state index contributed by atoms with van der Waals surface area (Å²) in [4.78, 5) is 0. The number of nitrogens with one attached hydrogen (secondary N) is 1. The second kappa shape index (κ2) is 9.22. The lowest BCUT2D eigenvalue weighted by atomic mass is 10.0. The molecular weight excluding hydrogens is 256 g/mol. The fourth-order valence-corrected chi connectivity index (χ4v) is 4.60. The predicted octanol–water partition coefficient (Wildman–Crippen LogP) is 3.23. The van der Waals surface area contributed by atoms with E-state index in [1.165, 1.54) is 70.0 Å². The highest BCUT2D eigenvalue weighted by Gasteiger charge is 2.18. The van der Waals surface area contributed by atoms with E-state index in [0.29, 0.717) is 12.1 Å². The van der Waals surface area contributed by atoms with Gasteiger partial charge in [-0.15, -0.1) is 0 Å². The monoisotopic (exact) mass is 286 g/mol. The summed E-state index contributed by atoms with van der Waals surface area (Å²) in [6.07, 6.45) is 13.8. The van der Waals surface area contributed by atoms with Gasteiger partial charge in [-0.05, 0) is 44.9 Å². The van der Waals surface area contributed by atoms with Gasteiger partial charge < -0.3 is 4.74 Å². The summed E-state index contributed by atoms with van der Waals surface area (Å²) in [6, 6.07) is 0.480. The van der Waals surface area contributed by atoms with Gasteiger partial charge in [-0.25, -0.2) is 0 Å². The molecule has 1 aliphatic carbocycles. The normalized spacial score (nSPS) is 26.7. The maximum atomic E-state index is 5.69. The molecule has 3 nitrogen and oxygen atoms in total. The Balaban J connectivity index is 1.54. The van der Waals surface area contributed by atoms with Crippen LogP contribution in [0.2, 0.25) is 0 Å². The van der Waals surface area contributed by atoms with Crippen LogP contribution in [0.3, 0.4) is 0 Å². The van der Waals surface area contributed by atoms with E-state index in [1.807, 2.05) is 0 Å². The smallest absolute Gasteiger partial charge is 0.0576 e. The second-order valence-electron chi connectivity index (χ2n) is 6.02. The largest absolute Gasteiger partial charge is 0.378 e. The van der Waals surface area contributed by atoms with Crippen molar-refractivity contribution in [2.75, 3.05) is 12.4 Å². The Morgan fingerprint density at radius 2 is 2.00 bits per heavy atom. The molecule has 2 rings (SSSR count). The van der Waals surface area contributed by atoms with E-state index >= 15 is 0 Å². The molecule has 1 saturated heterocycles. The van der Waals surface area contributed by atoms with Crippen molar-refractivity contribution >= 4 is 11.8 Å². The zero-order valence-electron chi connectivity index (χ0n) is 12.1. The summed E-state index contributed by atoms with van der Waals surface area (Å²) in [5.74, 6) is 6.86. The molecule has 0 radical (unpaired) electrons. The maximum absolute atomic E-state index is 5.69. The highest BCUT2D eigenvalue weighted by atomic mass is 32.2. The summed E-state index contributed by atoms with van der Waals surface area (Å²) >= 11 is 2.14. The lowest BCUT2D eigenvalue weighted by Crippen LogP contribution is -2.37. The van der Waals surface area contributed by atoms with Gasteiger partial charge in [0.05, 0.1) is 6.10 Å². The van der Waals surface area contributed by atoms with Crippen LogP contribution in [-0.4, -0.2) is 29.8 Å². The summed E-state index contributed by atoms with van der Waals surface area (Å²) in [6.45, 7) is 0.973. The summed E-state index contributed by atoms with van der Waals surface area (Å²) in [5, 5.41) is 0.891. The first-order valence-corrected chi connectivity index (χ1v) is 9.12.